The molecule has 2 amide bonds. The number of sulfonamides is 1. The molecule has 0 bridgehead atoms. The first kappa shape index (κ1) is 26.7. The van der Waals surface area contributed by atoms with E-state index < -0.39 is 38.5 Å². The summed E-state index contributed by atoms with van der Waals surface area (Å²) in [5, 5.41) is 10.6. The Morgan fingerprint density at radius 3 is 2.54 bits per heavy atom. The molecule has 2 aromatic rings. The number of thiazole rings is 1. The number of anilines is 2. The van der Waals surface area contributed by atoms with Crippen molar-refractivity contribution in [2.45, 2.75) is 57.6 Å². The number of likely N-dealkylation sites (N-methyl/N-ethyl adjacent to an activating group) is 1. The third-order valence-electron chi connectivity index (χ3n) is 5.48. The van der Waals surface area contributed by atoms with Gasteiger partial charge in [0.25, 0.3) is 10.0 Å². The highest BCUT2D eigenvalue weighted by molar-refractivity contribution is 7.93. The lowest BCUT2D eigenvalue weighted by Gasteiger charge is -2.32. The third kappa shape index (κ3) is 5.67. The van der Waals surface area contributed by atoms with Crippen LogP contribution in [0, 0.1) is 12.7 Å². The van der Waals surface area contributed by atoms with Crippen LogP contribution in [0.5, 0.6) is 0 Å². The zero-order chi connectivity index (χ0) is 26.1. The highest BCUT2D eigenvalue weighted by atomic mass is 32.2. The van der Waals surface area contributed by atoms with Crippen molar-refractivity contribution in [3.8, 4) is 0 Å². The largest absolute Gasteiger partial charge is 0.465 e. The molecule has 0 spiro atoms. The van der Waals surface area contributed by atoms with Crippen molar-refractivity contribution in [1.82, 2.24) is 9.88 Å². The molecule has 10 nitrogen and oxygen atoms in total. The van der Waals surface area contributed by atoms with Crippen molar-refractivity contribution < 1.29 is 32.2 Å². The van der Waals surface area contributed by atoms with Crippen LogP contribution in [0.15, 0.2) is 27.9 Å². The van der Waals surface area contributed by atoms with Gasteiger partial charge < -0.3 is 19.6 Å². The number of carbonyl (C=O) groups is 2. The molecule has 35 heavy (non-hydrogen) atoms. The van der Waals surface area contributed by atoms with E-state index in [9.17, 15) is 23.1 Å². The molecule has 1 N–H and O–H groups in total. The van der Waals surface area contributed by atoms with Gasteiger partial charge in [-0.2, -0.15) is 0 Å². The Hall–Kier alpha value is -2.93. The number of hydrogen-bond donors (Lipinski definition) is 1. The maximum Gasteiger partial charge on any atom is 0.430 e. The molecule has 0 radical (unpaired) electrons. The van der Waals surface area contributed by atoms with Gasteiger partial charge in [0.1, 0.15) is 16.3 Å². The number of aromatic nitrogens is 1. The van der Waals surface area contributed by atoms with E-state index in [-0.39, 0.29) is 18.4 Å². The SMILES string of the molecule is CCN(c1cc(F)c(S(=O)(=O)N(C(=O)OC(C)(C)C)c2cscn2)cc1C)[C@H]1CCN(C(=O)O)C1. The molecule has 1 saturated heterocycles. The van der Waals surface area contributed by atoms with Gasteiger partial charge >= 0.3 is 12.2 Å². The van der Waals surface area contributed by atoms with Gasteiger partial charge in [-0.25, -0.2) is 27.4 Å². The van der Waals surface area contributed by atoms with Crippen LogP contribution < -0.4 is 9.21 Å². The minimum atomic E-state index is -4.71. The molecule has 1 atom stereocenters. The lowest BCUT2D eigenvalue weighted by Crippen LogP contribution is -2.41. The summed E-state index contributed by atoms with van der Waals surface area (Å²) < 4.78 is 48.1. The van der Waals surface area contributed by atoms with Gasteiger partial charge in [0.2, 0.25) is 0 Å². The number of hydrogen-bond acceptors (Lipinski definition) is 8. The number of halogens is 1. The quantitative estimate of drug-likeness (QED) is 0.589. The molecular weight excluding hydrogens is 499 g/mol. The number of benzene rings is 1. The van der Waals surface area contributed by atoms with E-state index in [0.717, 1.165) is 17.4 Å². The first-order valence-electron chi connectivity index (χ1n) is 11.0. The van der Waals surface area contributed by atoms with Crippen molar-refractivity contribution >= 4 is 45.1 Å². The Bertz CT molecular complexity index is 1200. The molecule has 1 aliphatic heterocycles. The minimum absolute atomic E-state index is 0.176. The summed E-state index contributed by atoms with van der Waals surface area (Å²) in [5.41, 5.74) is 1.28. The molecular formula is C22H29FN4O6S2. The van der Waals surface area contributed by atoms with E-state index in [4.69, 9.17) is 4.74 Å². The normalized spacial score (nSPS) is 16.3. The Balaban J connectivity index is 2.02. The summed E-state index contributed by atoms with van der Waals surface area (Å²) in [6.45, 7) is 9.36. The zero-order valence-electron chi connectivity index (χ0n) is 20.2. The van der Waals surface area contributed by atoms with Gasteiger partial charge in [0, 0.05) is 36.7 Å². The average molecular weight is 529 g/mol. The smallest absolute Gasteiger partial charge is 0.430 e. The molecule has 13 heteroatoms. The number of aryl methyl sites for hydroxylation is 1. The van der Waals surface area contributed by atoms with Gasteiger partial charge in [-0.1, -0.05) is 0 Å². The molecule has 2 heterocycles. The predicted molar refractivity (Wildman–Crippen MR) is 130 cm³/mol. The number of rotatable bonds is 6. The van der Waals surface area contributed by atoms with Crippen LogP contribution in [0.2, 0.25) is 0 Å². The van der Waals surface area contributed by atoms with Gasteiger partial charge in [0.15, 0.2) is 5.82 Å². The van der Waals surface area contributed by atoms with E-state index in [1.54, 1.807) is 27.7 Å². The maximum absolute atomic E-state index is 15.4. The molecule has 1 aliphatic rings. The molecule has 1 aromatic heterocycles. The van der Waals surface area contributed by atoms with Crippen LogP contribution in [0.3, 0.4) is 0 Å². The summed E-state index contributed by atoms with van der Waals surface area (Å²) in [6, 6.07) is 2.12. The van der Waals surface area contributed by atoms with E-state index in [0.29, 0.717) is 35.1 Å². The van der Waals surface area contributed by atoms with Crippen LogP contribution in [-0.4, -0.2) is 66.9 Å². The summed E-state index contributed by atoms with van der Waals surface area (Å²) >= 11 is 1.08. The number of carboxylic acid groups (broad SMARTS) is 1. The molecule has 0 saturated carbocycles. The van der Waals surface area contributed by atoms with Gasteiger partial charge in [0.05, 0.1) is 5.51 Å². The van der Waals surface area contributed by atoms with Gasteiger partial charge in [-0.15, -0.1) is 15.6 Å². The topological polar surface area (TPSA) is 120 Å². The third-order valence-corrected chi connectivity index (χ3v) is 7.74. The lowest BCUT2D eigenvalue weighted by molar-refractivity contribution is 0.0608. The van der Waals surface area contributed by atoms with Gasteiger partial charge in [-0.3, -0.25) is 0 Å². The highest BCUT2D eigenvalue weighted by Crippen LogP contribution is 2.33. The molecule has 1 aromatic carbocycles. The van der Waals surface area contributed by atoms with Crippen LogP contribution in [-0.2, 0) is 14.8 Å². The number of nitrogens with zero attached hydrogens (tertiary/aromatic N) is 4. The Morgan fingerprint density at radius 1 is 1.34 bits per heavy atom. The second kappa shape index (κ2) is 9.97. The number of amides is 2. The van der Waals surface area contributed by atoms with E-state index in [1.807, 2.05) is 11.8 Å². The minimum Gasteiger partial charge on any atom is -0.465 e. The first-order valence-corrected chi connectivity index (χ1v) is 13.4. The van der Waals surface area contributed by atoms with E-state index in [1.165, 1.54) is 21.9 Å². The molecule has 192 valence electrons. The average Bonchev–Trinajstić information content (AvgIpc) is 3.42. The van der Waals surface area contributed by atoms with E-state index in [2.05, 4.69) is 4.98 Å². The van der Waals surface area contributed by atoms with Crippen molar-refractivity contribution in [2.24, 2.45) is 0 Å². The summed E-state index contributed by atoms with van der Waals surface area (Å²) in [6.07, 6.45) is -1.64. The maximum atomic E-state index is 15.4. The fraction of sp³-hybridized carbons (Fsp3) is 0.500. The Labute approximate surface area is 208 Å². The number of carbonyl (C=O) groups excluding carboxylic acids is 1. The second-order valence-corrected chi connectivity index (χ2v) is 11.6. The van der Waals surface area contributed by atoms with Crippen LogP contribution in [0.25, 0.3) is 0 Å². The predicted octanol–water partition coefficient (Wildman–Crippen LogP) is 4.30. The monoisotopic (exact) mass is 528 g/mol. The van der Waals surface area contributed by atoms with Crippen LogP contribution in [0.1, 0.15) is 39.7 Å². The Morgan fingerprint density at radius 2 is 2.03 bits per heavy atom. The highest BCUT2D eigenvalue weighted by Gasteiger charge is 2.38. The summed E-state index contributed by atoms with van der Waals surface area (Å²) in [5.74, 6) is -1.23. The van der Waals surface area contributed by atoms with Crippen molar-refractivity contribution in [1.29, 1.82) is 0 Å². The molecule has 1 fully saturated rings. The standard InChI is InChI=1S/C22H29FN4O6S2/c1-6-26(15-7-8-25(11-15)20(28)29)17-10-16(23)18(9-14(17)2)35(31,32)27(19-12-34-13-24-19)21(30)33-22(3,4)5/h9-10,12-13,15H,6-8,11H2,1-5H3,(H,28,29)/t15-/m0/s1. The Kier molecular flexibility index (Phi) is 7.60. The summed E-state index contributed by atoms with van der Waals surface area (Å²) in [7, 11) is -4.71. The fourth-order valence-electron chi connectivity index (χ4n) is 3.97. The van der Waals surface area contributed by atoms with Crippen LogP contribution >= 0.6 is 11.3 Å². The number of likely N-dealkylation sites (tertiary alicyclic amines) is 1. The first-order chi connectivity index (χ1) is 16.3. The molecule has 0 unspecified atom stereocenters. The van der Waals surface area contributed by atoms with Crippen molar-refractivity contribution in [3.63, 3.8) is 0 Å². The van der Waals surface area contributed by atoms with Crippen LogP contribution in [0.4, 0.5) is 25.5 Å². The zero-order valence-corrected chi connectivity index (χ0v) is 21.8. The molecule has 0 aliphatic carbocycles. The van der Waals surface area contributed by atoms with Gasteiger partial charge in [-0.05, 0) is 58.7 Å². The van der Waals surface area contributed by atoms with Crippen molar-refractivity contribution in [2.75, 3.05) is 28.8 Å². The van der Waals surface area contributed by atoms with Crippen molar-refractivity contribution in [3.05, 3.63) is 34.4 Å². The fourth-order valence-corrected chi connectivity index (χ4v) is 5.96. The second-order valence-electron chi connectivity index (χ2n) is 9.12. The summed E-state index contributed by atoms with van der Waals surface area (Å²) in [4.78, 5) is 30.6. The van der Waals surface area contributed by atoms with E-state index >= 15 is 4.39 Å². The molecule has 3 rings (SSSR count). The number of ether oxygens (including phenoxy) is 1. The lowest BCUT2D eigenvalue weighted by atomic mass is 10.1.